The molecule has 7 heteroatoms. The first-order chi connectivity index (χ1) is 13.6. The van der Waals surface area contributed by atoms with E-state index >= 15 is 0 Å². The van der Waals surface area contributed by atoms with E-state index in [4.69, 9.17) is 0 Å². The van der Waals surface area contributed by atoms with Gasteiger partial charge in [-0.1, -0.05) is 6.07 Å². The molecule has 2 amide bonds. The van der Waals surface area contributed by atoms with Crippen LogP contribution in [0.1, 0.15) is 40.9 Å². The van der Waals surface area contributed by atoms with Crippen molar-refractivity contribution in [1.82, 2.24) is 15.2 Å². The molecule has 1 aliphatic heterocycles. The first kappa shape index (κ1) is 19.5. The van der Waals surface area contributed by atoms with E-state index in [9.17, 15) is 9.59 Å². The Labute approximate surface area is 173 Å². The highest BCUT2D eigenvalue weighted by atomic mass is 32.2. The number of carbonyl (C=O) groups is 2. The van der Waals surface area contributed by atoms with Crippen molar-refractivity contribution >= 4 is 34.9 Å². The van der Waals surface area contributed by atoms with E-state index in [1.54, 1.807) is 17.5 Å². The van der Waals surface area contributed by atoms with E-state index < -0.39 is 0 Å². The molecule has 2 aliphatic rings. The van der Waals surface area contributed by atoms with E-state index in [2.05, 4.69) is 16.4 Å². The maximum Gasteiger partial charge on any atom is 0.256 e. The molecule has 0 spiro atoms. The molecule has 1 saturated heterocycles. The number of thioether (sulfide) groups is 1. The number of likely N-dealkylation sites (tertiary alicyclic amines) is 1. The van der Waals surface area contributed by atoms with E-state index in [1.165, 1.54) is 16.6 Å². The Balaban J connectivity index is 1.28. The molecule has 0 bridgehead atoms. The lowest BCUT2D eigenvalue weighted by Crippen LogP contribution is -2.43. The Kier molecular flexibility index (Phi) is 5.73. The van der Waals surface area contributed by atoms with Crippen LogP contribution in [-0.2, 0) is 10.2 Å². The number of nitrogens with zero attached hydrogens (tertiary/aromatic N) is 2. The Hall–Kier alpha value is -1.86. The van der Waals surface area contributed by atoms with Gasteiger partial charge in [0.2, 0.25) is 5.91 Å². The number of hydrogen-bond donors (Lipinski definition) is 1. The topological polar surface area (TPSA) is 62.3 Å². The SMILES string of the molecule is CSc1ncccc1C(=O)N1CCC(CNC(=O)C2(c3cccs3)CC2)CC1. The molecule has 148 valence electrons. The number of nitrogens with one attached hydrogen (secondary N) is 1. The third-order valence-corrected chi connectivity index (χ3v) is 7.61. The molecular formula is C21H25N3O2S2. The Morgan fingerprint density at radius 1 is 1.29 bits per heavy atom. The van der Waals surface area contributed by atoms with Gasteiger partial charge in [0.05, 0.1) is 11.0 Å². The highest BCUT2D eigenvalue weighted by Gasteiger charge is 2.52. The third-order valence-electron chi connectivity index (χ3n) is 5.83. The van der Waals surface area contributed by atoms with Gasteiger partial charge in [0.25, 0.3) is 5.91 Å². The molecule has 2 fully saturated rings. The number of piperidine rings is 1. The second-order valence-corrected chi connectivity index (χ2v) is 9.31. The van der Waals surface area contributed by atoms with Gasteiger partial charge in [-0.2, -0.15) is 0 Å². The van der Waals surface area contributed by atoms with Crippen molar-refractivity contribution in [2.24, 2.45) is 5.92 Å². The van der Waals surface area contributed by atoms with Gasteiger partial charge in [-0.3, -0.25) is 9.59 Å². The molecule has 0 radical (unpaired) electrons. The van der Waals surface area contributed by atoms with Gasteiger partial charge in [0, 0.05) is 30.7 Å². The molecule has 2 aromatic heterocycles. The molecule has 5 nitrogen and oxygen atoms in total. The van der Waals surface area contributed by atoms with Crippen LogP contribution >= 0.6 is 23.1 Å². The van der Waals surface area contributed by atoms with Crippen LogP contribution in [0.4, 0.5) is 0 Å². The summed E-state index contributed by atoms with van der Waals surface area (Å²) in [5.41, 5.74) is 0.424. The minimum atomic E-state index is -0.265. The van der Waals surface area contributed by atoms with Crippen LogP contribution in [-0.4, -0.2) is 47.6 Å². The lowest BCUT2D eigenvalue weighted by atomic mass is 9.95. The van der Waals surface area contributed by atoms with Gasteiger partial charge in [0.15, 0.2) is 0 Å². The molecular weight excluding hydrogens is 390 g/mol. The van der Waals surface area contributed by atoms with Crippen molar-refractivity contribution in [2.45, 2.75) is 36.1 Å². The fraction of sp³-hybridized carbons (Fsp3) is 0.476. The molecule has 2 aromatic rings. The van der Waals surface area contributed by atoms with E-state index in [1.807, 2.05) is 34.7 Å². The van der Waals surface area contributed by atoms with Crippen molar-refractivity contribution in [2.75, 3.05) is 25.9 Å². The lowest BCUT2D eigenvalue weighted by molar-refractivity contribution is -0.123. The highest BCUT2D eigenvalue weighted by Crippen LogP contribution is 2.50. The molecule has 1 saturated carbocycles. The van der Waals surface area contributed by atoms with E-state index in [-0.39, 0.29) is 17.2 Å². The van der Waals surface area contributed by atoms with Gasteiger partial charge < -0.3 is 10.2 Å². The van der Waals surface area contributed by atoms with E-state index in [0.717, 1.165) is 43.8 Å². The first-order valence-corrected chi connectivity index (χ1v) is 11.8. The number of hydrogen-bond acceptors (Lipinski definition) is 5. The summed E-state index contributed by atoms with van der Waals surface area (Å²) < 4.78 is 0. The fourth-order valence-electron chi connectivity index (χ4n) is 3.89. The van der Waals surface area contributed by atoms with Crippen LogP contribution in [0.5, 0.6) is 0 Å². The quantitative estimate of drug-likeness (QED) is 0.733. The average Bonchev–Trinajstić information content (AvgIpc) is 3.37. The summed E-state index contributed by atoms with van der Waals surface area (Å²) in [6.45, 7) is 2.17. The van der Waals surface area contributed by atoms with Crippen molar-refractivity contribution in [3.05, 3.63) is 46.3 Å². The largest absolute Gasteiger partial charge is 0.355 e. The fourth-order valence-corrected chi connectivity index (χ4v) is 5.42. The van der Waals surface area contributed by atoms with Crippen LogP contribution in [0.15, 0.2) is 40.9 Å². The normalized spacial score (nSPS) is 18.7. The molecule has 1 aliphatic carbocycles. The number of amides is 2. The lowest BCUT2D eigenvalue weighted by Gasteiger charge is -2.32. The zero-order chi connectivity index (χ0) is 19.6. The Morgan fingerprint density at radius 2 is 2.07 bits per heavy atom. The number of thiophene rings is 1. The number of rotatable bonds is 6. The maximum atomic E-state index is 12.8. The van der Waals surface area contributed by atoms with Gasteiger partial charge in [-0.05, 0) is 61.4 Å². The highest BCUT2D eigenvalue weighted by molar-refractivity contribution is 7.98. The monoisotopic (exact) mass is 415 g/mol. The molecule has 3 heterocycles. The summed E-state index contributed by atoms with van der Waals surface area (Å²) in [7, 11) is 0. The molecule has 0 aromatic carbocycles. The van der Waals surface area contributed by atoms with Crippen molar-refractivity contribution in [1.29, 1.82) is 0 Å². The Bertz CT molecular complexity index is 841. The minimum Gasteiger partial charge on any atom is -0.355 e. The predicted molar refractivity (Wildman–Crippen MR) is 113 cm³/mol. The molecule has 1 N–H and O–H groups in total. The van der Waals surface area contributed by atoms with Crippen molar-refractivity contribution in [3.63, 3.8) is 0 Å². The second kappa shape index (κ2) is 8.25. The molecule has 4 rings (SSSR count). The average molecular weight is 416 g/mol. The third kappa shape index (κ3) is 3.82. The summed E-state index contributed by atoms with van der Waals surface area (Å²) in [5, 5.41) is 6.01. The van der Waals surface area contributed by atoms with Crippen LogP contribution < -0.4 is 5.32 Å². The number of aromatic nitrogens is 1. The molecule has 0 unspecified atom stereocenters. The summed E-state index contributed by atoms with van der Waals surface area (Å²) in [4.78, 5) is 32.9. The van der Waals surface area contributed by atoms with Crippen LogP contribution in [0.25, 0.3) is 0 Å². The first-order valence-electron chi connectivity index (χ1n) is 9.74. The van der Waals surface area contributed by atoms with Gasteiger partial charge >= 0.3 is 0 Å². The summed E-state index contributed by atoms with van der Waals surface area (Å²) in [6.07, 6.45) is 7.42. The van der Waals surface area contributed by atoms with Crippen molar-refractivity contribution < 1.29 is 9.59 Å². The van der Waals surface area contributed by atoms with Gasteiger partial charge in [-0.15, -0.1) is 23.1 Å². The summed E-state index contributed by atoms with van der Waals surface area (Å²) >= 11 is 3.18. The number of pyridine rings is 1. The molecule has 0 atom stereocenters. The second-order valence-electron chi connectivity index (χ2n) is 7.57. The van der Waals surface area contributed by atoms with Gasteiger partial charge in [-0.25, -0.2) is 4.98 Å². The predicted octanol–water partition coefficient (Wildman–Crippen LogP) is 3.57. The van der Waals surface area contributed by atoms with Crippen LogP contribution in [0.3, 0.4) is 0 Å². The Morgan fingerprint density at radius 3 is 2.71 bits per heavy atom. The van der Waals surface area contributed by atoms with Gasteiger partial charge in [0.1, 0.15) is 5.03 Å². The minimum absolute atomic E-state index is 0.0644. The summed E-state index contributed by atoms with van der Waals surface area (Å²) in [5.74, 6) is 0.670. The van der Waals surface area contributed by atoms with Crippen LogP contribution in [0, 0.1) is 5.92 Å². The number of carbonyl (C=O) groups excluding carboxylic acids is 2. The molecule has 28 heavy (non-hydrogen) atoms. The maximum absolute atomic E-state index is 12.8. The standard InChI is InChI=1S/C21H25N3O2S2/c1-27-18-16(4-2-10-22-18)19(25)24-11-6-15(7-12-24)14-23-20(26)21(8-9-21)17-5-3-13-28-17/h2-5,10,13,15H,6-9,11-12,14H2,1H3,(H,23,26). The smallest absolute Gasteiger partial charge is 0.256 e. The van der Waals surface area contributed by atoms with Crippen LogP contribution in [0.2, 0.25) is 0 Å². The zero-order valence-corrected chi connectivity index (χ0v) is 17.7. The summed E-state index contributed by atoms with van der Waals surface area (Å²) in [6, 6.07) is 7.76. The zero-order valence-electron chi connectivity index (χ0n) is 16.0. The van der Waals surface area contributed by atoms with Crippen molar-refractivity contribution in [3.8, 4) is 0 Å². The van der Waals surface area contributed by atoms with E-state index in [0.29, 0.717) is 18.0 Å².